The molecule has 0 spiro atoms. The second kappa shape index (κ2) is 8.13. The summed E-state index contributed by atoms with van der Waals surface area (Å²) in [6.45, 7) is 2.02. The number of hydrogen-bond donors (Lipinski definition) is 0. The maximum atomic E-state index is 13.4. The molecule has 0 saturated carbocycles. The highest BCUT2D eigenvalue weighted by Crippen LogP contribution is 2.22. The van der Waals surface area contributed by atoms with Crippen LogP contribution >= 0.6 is 15.9 Å². The van der Waals surface area contributed by atoms with Gasteiger partial charge in [-0.15, -0.1) is 0 Å². The predicted molar refractivity (Wildman–Crippen MR) is 115 cm³/mol. The van der Waals surface area contributed by atoms with Crippen LogP contribution in [0.3, 0.4) is 0 Å². The fourth-order valence-electron chi connectivity index (χ4n) is 3.03. The molecule has 0 unspecified atom stereocenters. The Bertz CT molecular complexity index is 1280. The Morgan fingerprint density at radius 1 is 1.21 bits per heavy atom. The van der Waals surface area contributed by atoms with Gasteiger partial charge in [-0.05, 0) is 48.9 Å². The summed E-state index contributed by atoms with van der Waals surface area (Å²) in [5.41, 5.74) is 1.03. The van der Waals surface area contributed by atoms with Gasteiger partial charge >= 0.3 is 0 Å². The first kappa shape index (κ1) is 19.3. The molecule has 4 aromatic rings. The van der Waals surface area contributed by atoms with Gasteiger partial charge in [0.1, 0.15) is 23.2 Å². The summed E-state index contributed by atoms with van der Waals surface area (Å²) >= 11 is 3.39. The Labute approximate surface area is 174 Å². The topological polar surface area (TPSA) is 60.4 Å². The number of aromatic nitrogens is 2. The van der Waals surface area contributed by atoms with Crippen LogP contribution in [-0.2, 0) is 6.42 Å². The zero-order chi connectivity index (χ0) is 20.4. The first-order chi connectivity index (χ1) is 14.0. The number of fused-ring (bicyclic) bond motifs is 1. The van der Waals surface area contributed by atoms with E-state index in [1.165, 1.54) is 23.0 Å². The normalized spacial score (nSPS) is 11.6. The average Bonchev–Trinajstić information content (AvgIpc) is 3.18. The van der Waals surface area contributed by atoms with E-state index in [2.05, 4.69) is 26.0 Å². The van der Waals surface area contributed by atoms with Gasteiger partial charge < -0.3 is 4.42 Å². The lowest BCUT2D eigenvalue weighted by atomic mass is 10.2. The number of benzene rings is 2. The Morgan fingerprint density at radius 3 is 2.86 bits per heavy atom. The van der Waals surface area contributed by atoms with Crippen molar-refractivity contribution in [3.8, 4) is 11.3 Å². The standard InChI is InChI=1S/C22H17BrFN3O2/c1-2-4-21-26-19-9-7-15(23)12-18(19)22(28)27(21)25-13-17-8-10-20(29-17)14-5-3-6-16(24)11-14/h3,5-13H,2,4H2,1H3. The van der Waals surface area contributed by atoms with Gasteiger partial charge in [0.05, 0.1) is 17.1 Å². The highest BCUT2D eigenvalue weighted by Gasteiger charge is 2.11. The van der Waals surface area contributed by atoms with Crippen molar-refractivity contribution in [2.45, 2.75) is 19.8 Å². The van der Waals surface area contributed by atoms with Crippen LogP contribution < -0.4 is 5.56 Å². The van der Waals surface area contributed by atoms with Gasteiger partial charge in [0.25, 0.3) is 5.56 Å². The van der Waals surface area contributed by atoms with Crippen molar-refractivity contribution in [3.05, 3.63) is 86.8 Å². The van der Waals surface area contributed by atoms with Crippen molar-refractivity contribution in [3.63, 3.8) is 0 Å². The molecule has 0 fully saturated rings. The van der Waals surface area contributed by atoms with Crippen molar-refractivity contribution in [1.82, 2.24) is 9.66 Å². The highest BCUT2D eigenvalue weighted by molar-refractivity contribution is 9.10. The molecule has 0 aliphatic rings. The Balaban J connectivity index is 1.73. The Hall–Kier alpha value is -3.06. The van der Waals surface area contributed by atoms with E-state index < -0.39 is 0 Å². The first-order valence-corrected chi connectivity index (χ1v) is 9.96. The maximum absolute atomic E-state index is 13.4. The van der Waals surface area contributed by atoms with Crippen LogP contribution in [0.1, 0.15) is 24.9 Å². The van der Waals surface area contributed by atoms with E-state index in [0.29, 0.717) is 40.2 Å². The zero-order valence-electron chi connectivity index (χ0n) is 15.6. The minimum Gasteiger partial charge on any atom is -0.455 e. The first-order valence-electron chi connectivity index (χ1n) is 9.16. The van der Waals surface area contributed by atoms with Crippen molar-refractivity contribution in [2.24, 2.45) is 5.10 Å². The van der Waals surface area contributed by atoms with Crippen LogP contribution in [0.5, 0.6) is 0 Å². The summed E-state index contributed by atoms with van der Waals surface area (Å²) in [4.78, 5) is 17.6. The summed E-state index contributed by atoms with van der Waals surface area (Å²) in [6, 6.07) is 15.0. The Kier molecular flexibility index (Phi) is 5.40. The van der Waals surface area contributed by atoms with E-state index in [9.17, 15) is 9.18 Å². The quantitative estimate of drug-likeness (QED) is 0.380. The molecule has 0 aliphatic carbocycles. The van der Waals surface area contributed by atoms with Gasteiger partial charge in [-0.1, -0.05) is 35.0 Å². The van der Waals surface area contributed by atoms with Crippen LogP contribution in [-0.4, -0.2) is 15.9 Å². The predicted octanol–water partition coefficient (Wildman–Crippen LogP) is 5.39. The molecule has 0 bridgehead atoms. The largest absolute Gasteiger partial charge is 0.455 e. The molecule has 0 radical (unpaired) electrons. The third-order valence-corrected chi connectivity index (χ3v) is 4.88. The zero-order valence-corrected chi connectivity index (χ0v) is 17.2. The third kappa shape index (κ3) is 4.05. The molecular weight excluding hydrogens is 437 g/mol. The molecule has 2 aromatic heterocycles. The number of aryl methyl sites for hydroxylation is 1. The van der Waals surface area contributed by atoms with Gasteiger partial charge in [-0.3, -0.25) is 4.79 Å². The second-order valence-corrected chi connectivity index (χ2v) is 7.43. The van der Waals surface area contributed by atoms with Crippen LogP contribution in [0.2, 0.25) is 0 Å². The Morgan fingerprint density at radius 2 is 2.07 bits per heavy atom. The van der Waals surface area contributed by atoms with Crippen molar-refractivity contribution in [2.75, 3.05) is 0 Å². The number of hydrogen-bond acceptors (Lipinski definition) is 4. The minimum absolute atomic E-state index is 0.243. The molecule has 0 amide bonds. The summed E-state index contributed by atoms with van der Waals surface area (Å²) in [7, 11) is 0. The number of rotatable bonds is 5. The van der Waals surface area contributed by atoms with Crippen LogP contribution in [0.15, 0.2) is 73.4 Å². The molecule has 0 aliphatic heterocycles. The van der Waals surface area contributed by atoms with Gasteiger partial charge in [-0.25, -0.2) is 9.37 Å². The lowest BCUT2D eigenvalue weighted by Gasteiger charge is -2.08. The lowest BCUT2D eigenvalue weighted by molar-refractivity contribution is 0.571. The van der Waals surface area contributed by atoms with Crippen LogP contribution in [0, 0.1) is 5.82 Å². The molecule has 29 heavy (non-hydrogen) atoms. The fourth-order valence-corrected chi connectivity index (χ4v) is 3.39. The van der Waals surface area contributed by atoms with E-state index >= 15 is 0 Å². The lowest BCUT2D eigenvalue weighted by Crippen LogP contribution is -2.22. The fraction of sp³-hybridized carbons (Fsp3) is 0.136. The molecule has 146 valence electrons. The van der Waals surface area contributed by atoms with Crippen molar-refractivity contribution < 1.29 is 8.81 Å². The summed E-state index contributed by atoms with van der Waals surface area (Å²) < 4.78 is 21.3. The minimum atomic E-state index is -0.335. The second-order valence-electron chi connectivity index (χ2n) is 6.51. The molecule has 0 N–H and O–H groups in total. The summed E-state index contributed by atoms with van der Waals surface area (Å²) in [5, 5.41) is 4.82. The van der Waals surface area contributed by atoms with Crippen molar-refractivity contribution in [1.29, 1.82) is 0 Å². The summed E-state index contributed by atoms with van der Waals surface area (Å²) in [5.74, 6) is 1.22. The SMILES string of the molecule is CCCc1nc2ccc(Br)cc2c(=O)n1N=Cc1ccc(-c2cccc(F)c2)o1. The van der Waals surface area contributed by atoms with Crippen LogP contribution in [0.25, 0.3) is 22.2 Å². The summed E-state index contributed by atoms with van der Waals surface area (Å²) in [6.07, 6.45) is 2.91. The van der Waals surface area contributed by atoms with E-state index in [-0.39, 0.29) is 11.4 Å². The van der Waals surface area contributed by atoms with E-state index in [0.717, 1.165) is 10.9 Å². The molecule has 2 aromatic carbocycles. The van der Waals surface area contributed by atoms with E-state index in [1.54, 1.807) is 30.3 Å². The molecule has 0 saturated heterocycles. The average molecular weight is 454 g/mol. The van der Waals surface area contributed by atoms with Gasteiger partial charge in [0, 0.05) is 16.5 Å². The van der Waals surface area contributed by atoms with Gasteiger partial charge in [0.2, 0.25) is 0 Å². The van der Waals surface area contributed by atoms with Gasteiger partial charge in [-0.2, -0.15) is 9.78 Å². The molecule has 4 rings (SSSR count). The number of furan rings is 1. The molecular formula is C22H17BrFN3O2. The highest BCUT2D eigenvalue weighted by atomic mass is 79.9. The molecule has 2 heterocycles. The molecule has 7 heteroatoms. The monoisotopic (exact) mass is 453 g/mol. The third-order valence-electron chi connectivity index (χ3n) is 4.39. The molecule has 5 nitrogen and oxygen atoms in total. The van der Waals surface area contributed by atoms with E-state index in [4.69, 9.17) is 4.42 Å². The van der Waals surface area contributed by atoms with Crippen LogP contribution in [0.4, 0.5) is 4.39 Å². The number of nitrogens with zero attached hydrogens (tertiary/aromatic N) is 3. The number of halogens is 2. The van der Waals surface area contributed by atoms with Crippen molar-refractivity contribution >= 4 is 33.0 Å². The molecule has 0 atom stereocenters. The van der Waals surface area contributed by atoms with Gasteiger partial charge in [0.15, 0.2) is 0 Å². The van der Waals surface area contributed by atoms with E-state index in [1.807, 2.05) is 19.1 Å². The smallest absolute Gasteiger partial charge is 0.282 e. The maximum Gasteiger partial charge on any atom is 0.282 e.